The average molecular weight is 328 g/mol. The van der Waals surface area contributed by atoms with Crippen LogP contribution in [-0.4, -0.2) is 35.0 Å². The number of aromatic nitrogens is 4. The van der Waals surface area contributed by atoms with Crippen molar-refractivity contribution in [2.24, 2.45) is 0 Å². The molecular weight excluding hydrogens is 314 g/mol. The number of nitrogens with one attached hydrogen (secondary N) is 1. The number of allylic oxidation sites excluding steroid dienone is 1. The molecule has 0 spiro atoms. The smallest absolute Gasteiger partial charge is 0.321 e. The highest BCUT2D eigenvalue weighted by atomic mass is 31.2. The Morgan fingerprint density at radius 2 is 2.27 bits per heavy atom. The van der Waals surface area contributed by atoms with Gasteiger partial charge in [0.1, 0.15) is 5.67 Å². The number of halogens is 1. The van der Waals surface area contributed by atoms with E-state index in [1.54, 1.807) is 4.57 Å². The van der Waals surface area contributed by atoms with Crippen molar-refractivity contribution in [3.05, 3.63) is 34.9 Å². The molecule has 0 radical (unpaired) electrons. The van der Waals surface area contributed by atoms with Crippen LogP contribution >= 0.6 is 7.60 Å². The molecule has 3 rings (SSSR count). The van der Waals surface area contributed by atoms with Crippen molar-refractivity contribution in [1.29, 1.82) is 0 Å². The molecule has 1 fully saturated rings. The van der Waals surface area contributed by atoms with Gasteiger partial charge in [-0.05, 0) is 18.9 Å². The number of fused-ring (bicyclic) bond motifs is 1. The second kappa shape index (κ2) is 5.12. The molecule has 1 aliphatic carbocycles. The van der Waals surface area contributed by atoms with Crippen molar-refractivity contribution in [2.75, 3.05) is 0 Å². The lowest BCUT2D eigenvalue weighted by Crippen LogP contribution is -2.16. The third-order valence-electron chi connectivity index (χ3n) is 3.79. The van der Waals surface area contributed by atoms with E-state index in [4.69, 9.17) is 9.79 Å². The predicted molar refractivity (Wildman–Crippen MR) is 76.1 cm³/mol. The molecular formula is C12H14FN4O4P. The van der Waals surface area contributed by atoms with Crippen LogP contribution in [0.15, 0.2) is 29.3 Å². The summed E-state index contributed by atoms with van der Waals surface area (Å²) in [7, 11) is -4.38. The normalized spacial score (nSPS) is 26.2. The number of nitrogens with zero attached hydrogens (tertiary/aromatic N) is 3. The van der Waals surface area contributed by atoms with Crippen molar-refractivity contribution in [3.8, 4) is 0 Å². The molecule has 2 atom stereocenters. The van der Waals surface area contributed by atoms with Gasteiger partial charge < -0.3 is 19.3 Å². The van der Waals surface area contributed by atoms with Crippen LogP contribution in [0.5, 0.6) is 0 Å². The Morgan fingerprint density at radius 3 is 3.00 bits per heavy atom. The molecule has 1 saturated carbocycles. The molecule has 22 heavy (non-hydrogen) atoms. The van der Waals surface area contributed by atoms with Gasteiger partial charge in [0.25, 0.3) is 5.56 Å². The Labute approximate surface area is 123 Å². The number of aromatic amines is 1. The summed E-state index contributed by atoms with van der Waals surface area (Å²) in [6.45, 7) is 0. The molecule has 0 bridgehead atoms. The maximum atomic E-state index is 14.6. The summed E-state index contributed by atoms with van der Waals surface area (Å²) >= 11 is 0. The molecule has 10 heteroatoms. The van der Waals surface area contributed by atoms with Gasteiger partial charge in [0.2, 0.25) is 0 Å². The minimum Gasteiger partial charge on any atom is -0.321 e. The van der Waals surface area contributed by atoms with Crippen molar-refractivity contribution in [3.63, 3.8) is 0 Å². The standard InChI is InChI=1S/C12H14FN4O4P/c13-12(3-4-22(19,20)21)2-1-8(5-12)17-7-16-9-10(17)14-6-15-11(9)18/h3-4,6-8H,1-2,5H2,(H,14,15,18)(H2,19,20,21)/b4-3+/t8-,12+/m0/s1. The summed E-state index contributed by atoms with van der Waals surface area (Å²) in [4.78, 5) is 39.7. The molecule has 2 aromatic rings. The van der Waals surface area contributed by atoms with E-state index in [2.05, 4.69) is 15.0 Å². The quantitative estimate of drug-likeness (QED) is 0.729. The van der Waals surface area contributed by atoms with Gasteiger partial charge in [-0.25, -0.2) is 14.4 Å². The third kappa shape index (κ3) is 2.87. The van der Waals surface area contributed by atoms with Gasteiger partial charge in [-0.3, -0.25) is 9.36 Å². The SMILES string of the molecule is O=c1[nH]cnc2c1ncn2[C@H]1CC[C@@](F)(/C=C/P(=O)(O)O)C1. The summed E-state index contributed by atoms with van der Waals surface area (Å²) in [5, 5.41) is 0. The fourth-order valence-corrected chi connectivity index (χ4v) is 3.21. The van der Waals surface area contributed by atoms with Crippen molar-refractivity contribution in [2.45, 2.75) is 31.0 Å². The maximum absolute atomic E-state index is 14.6. The van der Waals surface area contributed by atoms with Gasteiger partial charge in [0.15, 0.2) is 11.2 Å². The first-order valence-electron chi connectivity index (χ1n) is 6.62. The molecule has 0 saturated heterocycles. The summed E-state index contributed by atoms with van der Waals surface area (Å²) in [5.74, 6) is 0.602. The van der Waals surface area contributed by atoms with Gasteiger partial charge in [0.05, 0.1) is 12.7 Å². The lowest BCUT2D eigenvalue weighted by Gasteiger charge is -2.16. The molecule has 2 heterocycles. The average Bonchev–Trinajstić information content (AvgIpc) is 3.01. The maximum Gasteiger partial charge on any atom is 0.348 e. The van der Waals surface area contributed by atoms with Crippen LogP contribution in [0.3, 0.4) is 0 Å². The van der Waals surface area contributed by atoms with E-state index in [1.165, 1.54) is 12.7 Å². The lowest BCUT2D eigenvalue weighted by atomic mass is 10.1. The number of hydrogen-bond acceptors (Lipinski definition) is 4. The zero-order valence-corrected chi connectivity index (χ0v) is 12.3. The molecule has 1 aliphatic rings. The molecule has 0 amide bonds. The lowest BCUT2D eigenvalue weighted by molar-refractivity contribution is 0.231. The van der Waals surface area contributed by atoms with E-state index in [9.17, 15) is 13.8 Å². The first kappa shape index (κ1) is 15.1. The van der Waals surface area contributed by atoms with Gasteiger partial charge in [-0.1, -0.05) is 0 Å². The van der Waals surface area contributed by atoms with E-state index in [1.807, 2.05) is 0 Å². The highest BCUT2D eigenvalue weighted by Crippen LogP contribution is 2.45. The minimum absolute atomic E-state index is 0.0451. The van der Waals surface area contributed by atoms with E-state index in [0.717, 1.165) is 6.08 Å². The van der Waals surface area contributed by atoms with Gasteiger partial charge in [0, 0.05) is 18.3 Å². The van der Waals surface area contributed by atoms with Crippen LogP contribution < -0.4 is 5.56 Å². The van der Waals surface area contributed by atoms with Crippen LogP contribution in [0.25, 0.3) is 11.2 Å². The second-order valence-electron chi connectivity index (χ2n) is 5.39. The number of rotatable bonds is 3. The number of hydrogen-bond donors (Lipinski definition) is 3. The molecule has 0 unspecified atom stereocenters. The minimum atomic E-state index is -4.38. The van der Waals surface area contributed by atoms with Crippen LogP contribution in [0.4, 0.5) is 4.39 Å². The molecule has 0 aromatic carbocycles. The van der Waals surface area contributed by atoms with Crippen molar-refractivity contribution in [1.82, 2.24) is 19.5 Å². The van der Waals surface area contributed by atoms with Crippen molar-refractivity contribution >= 4 is 18.8 Å². The van der Waals surface area contributed by atoms with Crippen LogP contribution in [0.1, 0.15) is 25.3 Å². The largest absolute Gasteiger partial charge is 0.348 e. The number of H-pyrrole nitrogens is 1. The molecule has 3 N–H and O–H groups in total. The summed E-state index contributed by atoms with van der Waals surface area (Å²) in [6, 6.07) is -0.272. The summed E-state index contributed by atoms with van der Waals surface area (Å²) in [6.07, 6.45) is 4.28. The van der Waals surface area contributed by atoms with Crippen molar-refractivity contribution < 1.29 is 18.7 Å². The second-order valence-corrected chi connectivity index (χ2v) is 6.87. The Kier molecular flexibility index (Phi) is 3.51. The summed E-state index contributed by atoms with van der Waals surface area (Å²) < 4.78 is 27.1. The van der Waals surface area contributed by atoms with E-state index in [-0.39, 0.29) is 30.0 Å². The van der Waals surface area contributed by atoms with E-state index < -0.39 is 13.3 Å². The Bertz CT molecular complexity index is 841. The molecule has 0 aliphatic heterocycles. The van der Waals surface area contributed by atoms with Gasteiger partial charge in [-0.15, -0.1) is 0 Å². The summed E-state index contributed by atoms with van der Waals surface area (Å²) in [5.41, 5.74) is -1.60. The highest BCUT2D eigenvalue weighted by Gasteiger charge is 2.39. The van der Waals surface area contributed by atoms with E-state index >= 15 is 0 Å². The van der Waals surface area contributed by atoms with Crippen LogP contribution in [0, 0.1) is 0 Å². The fraction of sp³-hybridized carbons (Fsp3) is 0.417. The Balaban J connectivity index is 1.89. The zero-order chi connectivity index (χ0) is 16.0. The Morgan fingerprint density at radius 1 is 1.50 bits per heavy atom. The van der Waals surface area contributed by atoms with E-state index in [0.29, 0.717) is 17.9 Å². The molecule has 2 aromatic heterocycles. The van der Waals surface area contributed by atoms with Gasteiger partial charge >= 0.3 is 7.60 Å². The van der Waals surface area contributed by atoms with Gasteiger partial charge in [-0.2, -0.15) is 0 Å². The number of imidazole rings is 1. The number of alkyl halides is 1. The van der Waals surface area contributed by atoms with Crippen LogP contribution in [0.2, 0.25) is 0 Å². The topological polar surface area (TPSA) is 121 Å². The molecule has 118 valence electrons. The highest BCUT2D eigenvalue weighted by molar-refractivity contribution is 7.55. The Hall–Kier alpha value is -1.83. The third-order valence-corrected chi connectivity index (χ3v) is 4.33. The first-order valence-corrected chi connectivity index (χ1v) is 8.30. The fourth-order valence-electron chi connectivity index (χ4n) is 2.75. The predicted octanol–water partition coefficient (Wildman–Crippen LogP) is 1.24. The monoisotopic (exact) mass is 328 g/mol. The van der Waals surface area contributed by atoms with Crippen LogP contribution in [-0.2, 0) is 4.57 Å². The first-order chi connectivity index (χ1) is 10.3. The molecule has 8 nitrogen and oxygen atoms in total. The zero-order valence-electron chi connectivity index (χ0n) is 11.4.